The van der Waals surface area contributed by atoms with Crippen LogP contribution in [0.3, 0.4) is 0 Å². The van der Waals surface area contributed by atoms with Gasteiger partial charge in [0.25, 0.3) is 5.91 Å². The van der Waals surface area contributed by atoms with Crippen molar-refractivity contribution in [3.8, 4) is 11.5 Å². The third kappa shape index (κ3) is 4.17. The Hall–Kier alpha value is -3.11. The Bertz CT molecular complexity index is 1190. The first kappa shape index (κ1) is 19.2. The van der Waals surface area contributed by atoms with Crippen molar-refractivity contribution in [2.75, 3.05) is 5.32 Å². The Balaban J connectivity index is 1.56. The maximum Gasteiger partial charge on any atom is 0.255 e. The molecule has 0 aliphatic carbocycles. The number of halogens is 1. The van der Waals surface area contributed by atoms with Crippen molar-refractivity contribution in [2.24, 2.45) is 0 Å². The van der Waals surface area contributed by atoms with Gasteiger partial charge in [0.05, 0.1) is 0 Å². The maximum atomic E-state index is 12.6. The van der Waals surface area contributed by atoms with Crippen molar-refractivity contribution in [1.82, 2.24) is 4.98 Å². The molecule has 4 nitrogen and oxygen atoms in total. The predicted molar refractivity (Wildman–Crippen MR) is 118 cm³/mol. The Labute approximate surface area is 174 Å². The van der Waals surface area contributed by atoms with Gasteiger partial charge in [-0.1, -0.05) is 50.6 Å². The second-order valence-corrected chi connectivity index (χ2v) is 8.43. The zero-order valence-electron chi connectivity index (χ0n) is 16.5. The number of benzene rings is 3. The van der Waals surface area contributed by atoms with Crippen LogP contribution in [0, 0.1) is 0 Å². The second-order valence-electron chi connectivity index (χ2n) is 7.99. The van der Waals surface area contributed by atoms with Crippen LogP contribution in [0.5, 0.6) is 0 Å². The molecule has 0 unspecified atom stereocenters. The van der Waals surface area contributed by atoms with Gasteiger partial charge in [0.15, 0.2) is 5.58 Å². The molecule has 4 aromatic rings. The van der Waals surface area contributed by atoms with Gasteiger partial charge in [-0.2, -0.15) is 0 Å². The molecule has 1 amide bonds. The molecule has 0 aliphatic heterocycles. The molecule has 0 fully saturated rings. The monoisotopic (exact) mass is 404 g/mol. The molecule has 3 aromatic carbocycles. The number of oxazole rings is 1. The Morgan fingerprint density at radius 1 is 1.00 bits per heavy atom. The number of nitrogens with zero attached hydrogens (tertiary/aromatic N) is 1. The van der Waals surface area contributed by atoms with Crippen LogP contribution in [-0.2, 0) is 5.41 Å². The van der Waals surface area contributed by atoms with Crippen molar-refractivity contribution in [2.45, 2.75) is 26.2 Å². The molecule has 0 radical (unpaired) electrons. The van der Waals surface area contributed by atoms with Crippen LogP contribution in [0.2, 0.25) is 5.02 Å². The summed E-state index contributed by atoms with van der Waals surface area (Å²) in [7, 11) is 0. The molecular weight excluding hydrogens is 384 g/mol. The van der Waals surface area contributed by atoms with Crippen LogP contribution in [0.4, 0.5) is 5.69 Å². The number of carbonyl (C=O) groups excluding carboxylic acids is 1. The molecule has 0 saturated carbocycles. The lowest BCUT2D eigenvalue weighted by molar-refractivity contribution is 0.102. The van der Waals surface area contributed by atoms with Gasteiger partial charge in [-0.05, 0) is 53.4 Å². The highest BCUT2D eigenvalue weighted by Gasteiger charge is 2.15. The molecular formula is C24H21ClN2O2. The first-order chi connectivity index (χ1) is 13.8. The second kappa shape index (κ2) is 7.37. The van der Waals surface area contributed by atoms with Gasteiger partial charge in [0.2, 0.25) is 5.89 Å². The SMILES string of the molecule is CC(C)(C)c1ccc(C(=O)Nc2ccc3nc(-c4cccc(Cl)c4)oc3c2)cc1. The van der Waals surface area contributed by atoms with Crippen molar-refractivity contribution in [3.05, 3.63) is 82.9 Å². The first-order valence-electron chi connectivity index (χ1n) is 9.38. The highest BCUT2D eigenvalue weighted by atomic mass is 35.5. The van der Waals surface area contributed by atoms with Gasteiger partial charge in [-0.3, -0.25) is 4.79 Å². The molecule has 0 saturated heterocycles. The summed E-state index contributed by atoms with van der Waals surface area (Å²) in [5.74, 6) is 0.322. The Morgan fingerprint density at radius 2 is 1.76 bits per heavy atom. The fourth-order valence-electron chi connectivity index (χ4n) is 3.07. The maximum absolute atomic E-state index is 12.6. The molecule has 1 N–H and O–H groups in total. The van der Waals surface area contributed by atoms with E-state index in [9.17, 15) is 4.79 Å². The molecule has 0 aliphatic rings. The predicted octanol–water partition coefficient (Wildman–Crippen LogP) is 6.70. The van der Waals surface area contributed by atoms with Crippen LogP contribution < -0.4 is 5.32 Å². The van der Waals surface area contributed by atoms with E-state index in [-0.39, 0.29) is 11.3 Å². The molecule has 4 rings (SSSR count). The molecule has 0 atom stereocenters. The van der Waals surface area contributed by atoms with E-state index in [1.807, 2.05) is 48.5 Å². The first-order valence-corrected chi connectivity index (χ1v) is 9.76. The molecule has 5 heteroatoms. The minimum absolute atomic E-state index is 0.0486. The fourth-order valence-corrected chi connectivity index (χ4v) is 3.26. The number of fused-ring (bicyclic) bond motifs is 1. The van der Waals surface area contributed by atoms with E-state index < -0.39 is 0 Å². The summed E-state index contributed by atoms with van der Waals surface area (Å²) in [4.78, 5) is 17.1. The lowest BCUT2D eigenvalue weighted by Crippen LogP contribution is -2.14. The number of nitrogens with one attached hydrogen (secondary N) is 1. The zero-order chi connectivity index (χ0) is 20.6. The molecule has 0 spiro atoms. The van der Waals surface area contributed by atoms with Crippen LogP contribution in [-0.4, -0.2) is 10.9 Å². The summed E-state index contributed by atoms with van der Waals surface area (Å²) >= 11 is 6.05. The largest absolute Gasteiger partial charge is 0.436 e. The topological polar surface area (TPSA) is 55.1 Å². The number of aromatic nitrogens is 1. The highest BCUT2D eigenvalue weighted by Crippen LogP contribution is 2.28. The lowest BCUT2D eigenvalue weighted by atomic mass is 9.87. The number of carbonyl (C=O) groups is 1. The minimum atomic E-state index is -0.167. The molecule has 1 heterocycles. The molecule has 1 aromatic heterocycles. The number of hydrogen-bond acceptors (Lipinski definition) is 3. The minimum Gasteiger partial charge on any atom is -0.436 e. The fraction of sp³-hybridized carbons (Fsp3) is 0.167. The van der Waals surface area contributed by atoms with E-state index >= 15 is 0 Å². The Kier molecular flexibility index (Phi) is 4.89. The van der Waals surface area contributed by atoms with Crippen LogP contribution in [0.15, 0.2) is 71.1 Å². The average Bonchev–Trinajstić information content (AvgIpc) is 3.11. The van der Waals surface area contributed by atoms with E-state index in [4.69, 9.17) is 16.0 Å². The van der Waals surface area contributed by atoms with Crippen LogP contribution in [0.1, 0.15) is 36.7 Å². The molecule has 146 valence electrons. The van der Waals surface area contributed by atoms with E-state index in [0.717, 1.165) is 5.56 Å². The van der Waals surface area contributed by atoms with Crippen molar-refractivity contribution in [1.29, 1.82) is 0 Å². The third-order valence-electron chi connectivity index (χ3n) is 4.73. The van der Waals surface area contributed by atoms with Crippen LogP contribution in [0.25, 0.3) is 22.6 Å². The summed E-state index contributed by atoms with van der Waals surface area (Å²) in [6, 6.07) is 20.4. The summed E-state index contributed by atoms with van der Waals surface area (Å²) in [5.41, 5.74) is 4.61. The summed E-state index contributed by atoms with van der Waals surface area (Å²) in [6.07, 6.45) is 0. The van der Waals surface area contributed by atoms with E-state index in [1.165, 1.54) is 5.56 Å². The Morgan fingerprint density at radius 3 is 2.45 bits per heavy atom. The smallest absolute Gasteiger partial charge is 0.255 e. The van der Waals surface area contributed by atoms with Gasteiger partial charge in [-0.25, -0.2) is 4.98 Å². The zero-order valence-corrected chi connectivity index (χ0v) is 17.2. The number of amides is 1. The normalized spacial score (nSPS) is 11.6. The highest BCUT2D eigenvalue weighted by molar-refractivity contribution is 6.30. The van der Waals surface area contributed by atoms with Gasteiger partial charge in [0, 0.05) is 27.9 Å². The van der Waals surface area contributed by atoms with Crippen molar-refractivity contribution < 1.29 is 9.21 Å². The number of anilines is 1. The van der Waals surface area contributed by atoms with Crippen molar-refractivity contribution >= 4 is 34.3 Å². The molecule has 29 heavy (non-hydrogen) atoms. The van der Waals surface area contributed by atoms with Gasteiger partial charge in [-0.15, -0.1) is 0 Å². The molecule has 0 bridgehead atoms. The number of rotatable bonds is 3. The van der Waals surface area contributed by atoms with Gasteiger partial charge < -0.3 is 9.73 Å². The standard InChI is InChI=1S/C24H21ClN2O2/c1-24(2,3)17-9-7-15(8-10-17)22(28)26-19-11-12-20-21(14-19)29-23(27-20)16-5-4-6-18(25)13-16/h4-14H,1-3H3,(H,26,28). The average molecular weight is 405 g/mol. The summed E-state index contributed by atoms with van der Waals surface area (Å²) in [6.45, 7) is 6.44. The van der Waals surface area contributed by atoms with Crippen molar-refractivity contribution in [3.63, 3.8) is 0 Å². The quantitative estimate of drug-likeness (QED) is 0.413. The van der Waals surface area contributed by atoms with E-state index in [2.05, 4.69) is 31.1 Å². The van der Waals surface area contributed by atoms with Gasteiger partial charge in [0.1, 0.15) is 5.52 Å². The van der Waals surface area contributed by atoms with Crippen LogP contribution >= 0.6 is 11.6 Å². The van der Waals surface area contributed by atoms with Gasteiger partial charge >= 0.3 is 0 Å². The third-order valence-corrected chi connectivity index (χ3v) is 4.97. The summed E-state index contributed by atoms with van der Waals surface area (Å²) < 4.78 is 5.87. The van der Waals surface area contributed by atoms with E-state index in [0.29, 0.717) is 33.3 Å². The lowest BCUT2D eigenvalue weighted by Gasteiger charge is -2.19. The number of hydrogen-bond donors (Lipinski definition) is 1. The van der Waals surface area contributed by atoms with E-state index in [1.54, 1.807) is 18.2 Å². The summed E-state index contributed by atoms with van der Waals surface area (Å²) in [5, 5.41) is 3.54.